The Kier molecular flexibility index (Phi) is 3.34. The van der Waals surface area contributed by atoms with Gasteiger partial charge < -0.3 is 10.6 Å². The summed E-state index contributed by atoms with van der Waals surface area (Å²) in [5.41, 5.74) is 7.03. The maximum Gasteiger partial charge on any atom is 0.0825 e. The first-order valence-corrected chi connectivity index (χ1v) is 6.23. The van der Waals surface area contributed by atoms with Crippen LogP contribution in [0.5, 0.6) is 0 Å². The molecule has 1 unspecified atom stereocenters. The van der Waals surface area contributed by atoms with E-state index in [-0.39, 0.29) is 5.54 Å². The molecule has 0 radical (unpaired) electrons. The van der Waals surface area contributed by atoms with E-state index in [0.717, 1.165) is 31.6 Å². The van der Waals surface area contributed by atoms with Gasteiger partial charge in [-0.2, -0.15) is 0 Å². The lowest BCUT2D eigenvalue weighted by molar-refractivity contribution is 0.375. The summed E-state index contributed by atoms with van der Waals surface area (Å²) in [5.74, 6) is 0. The molecule has 1 fully saturated rings. The average Bonchev–Trinajstić information content (AvgIpc) is 2.20. The molecule has 16 heavy (non-hydrogen) atoms. The first kappa shape index (κ1) is 12.0. The van der Waals surface area contributed by atoms with Crippen molar-refractivity contribution in [2.24, 2.45) is 5.73 Å². The van der Waals surface area contributed by atoms with E-state index in [0.29, 0.717) is 10.0 Å². The van der Waals surface area contributed by atoms with Gasteiger partial charge in [0, 0.05) is 18.6 Å². The number of nitrogens with two attached hydrogens (primary N) is 1. The molecule has 1 aliphatic heterocycles. The minimum absolute atomic E-state index is 0.135. The standard InChI is InChI=1S/C12H16Cl2N2/c1-12(15)6-3-7-16(8-12)10-5-2-4-9(13)11(10)14/h2,4-5H,3,6-8,15H2,1H3. The zero-order valence-electron chi connectivity index (χ0n) is 9.34. The lowest BCUT2D eigenvalue weighted by atomic mass is 9.92. The molecule has 1 aliphatic rings. The van der Waals surface area contributed by atoms with E-state index < -0.39 is 0 Å². The molecule has 2 rings (SSSR count). The number of hydrogen-bond acceptors (Lipinski definition) is 2. The van der Waals surface area contributed by atoms with Gasteiger partial charge >= 0.3 is 0 Å². The largest absolute Gasteiger partial charge is 0.368 e. The Morgan fingerprint density at radius 1 is 1.38 bits per heavy atom. The van der Waals surface area contributed by atoms with Crippen molar-refractivity contribution >= 4 is 28.9 Å². The van der Waals surface area contributed by atoms with Crippen molar-refractivity contribution < 1.29 is 0 Å². The van der Waals surface area contributed by atoms with E-state index in [9.17, 15) is 0 Å². The summed E-state index contributed by atoms with van der Waals surface area (Å²) in [6.07, 6.45) is 2.15. The molecule has 88 valence electrons. The van der Waals surface area contributed by atoms with Crippen LogP contribution < -0.4 is 10.6 Å². The average molecular weight is 259 g/mol. The summed E-state index contributed by atoms with van der Waals surface area (Å²) in [4.78, 5) is 2.22. The van der Waals surface area contributed by atoms with Crippen molar-refractivity contribution in [1.29, 1.82) is 0 Å². The minimum atomic E-state index is -0.135. The SMILES string of the molecule is CC1(N)CCCN(c2cccc(Cl)c2Cl)C1. The van der Waals surface area contributed by atoms with Gasteiger partial charge in [-0.3, -0.25) is 0 Å². The first-order chi connectivity index (χ1) is 7.49. The van der Waals surface area contributed by atoms with E-state index in [4.69, 9.17) is 28.9 Å². The lowest BCUT2D eigenvalue weighted by Crippen LogP contribution is -2.52. The second-order valence-electron chi connectivity index (χ2n) is 4.75. The maximum atomic E-state index is 6.21. The van der Waals surface area contributed by atoms with Crippen molar-refractivity contribution in [2.75, 3.05) is 18.0 Å². The second-order valence-corrected chi connectivity index (χ2v) is 5.54. The second kappa shape index (κ2) is 4.44. The van der Waals surface area contributed by atoms with Crippen LogP contribution in [0.2, 0.25) is 10.0 Å². The Labute approximate surface area is 106 Å². The van der Waals surface area contributed by atoms with Gasteiger partial charge in [-0.15, -0.1) is 0 Å². The molecule has 0 saturated carbocycles. The molecule has 0 spiro atoms. The Morgan fingerprint density at radius 2 is 2.12 bits per heavy atom. The van der Waals surface area contributed by atoms with E-state index in [1.54, 1.807) is 6.07 Å². The molecule has 2 nitrogen and oxygen atoms in total. The fraction of sp³-hybridized carbons (Fsp3) is 0.500. The number of nitrogens with zero attached hydrogens (tertiary/aromatic N) is 1. The van der Waals surface area contributed by atoms with E-state index in [1.807, 2.05) is 12.1 Å². The van der Waals surface area contributed by atoms with Gasteiger partial charge in [-0.1, -0.05) is 29.3 Å². The molecule has 0 aliphatic carbocycles. The third-order valence-corrected chi connectivity index (χ3v) is 3.81. The summed E-state index contributed by atoms with van der Waals surface area (Å²) < 4.78 is 0. The zero-order valence-corrected chi connectivity index (χ0v) is 10.9. The highest BCUT2D eigenvalue weighted by molar-refractivity contribution is 6.43. The fourth-order valence-electron chi connectivity index (χ4n) is 2.21. The van der Waals surface area contributed by atoms with Gasteiger partial charge in [0.2, 0.25) is 0 Å². The highest BCUT2D eigenvalue weighted by Gasteiger charge is 2.28. The fourth-order valence-corrected chi connectivity index (χ4v) is 2.63. The van der Waals surface area contributed by atoms with Crippen molar-refractivity contribution in [3.8, 4) is 0 Å². The molecule has 4 heteroatoms. The summed E-state index contributed by atoms with van der Waals surface area (Å²) in [5, 5.41) is 1.23. The van der Waals surface area contributed by atoms with Gasteiger partial charge in [0.05, 0.1) is 15.7 Å². The summed E-state index contributed by atoms with van der Waals surface area (Å²) in [6.45, 7) is 3.90. The number of benzene rings is 1. The predicted octanol–water partition coefficient (Wildman–Crippen LogP) is 3.31. The van der Waals surface area contributed by atoms with E-state index >= 15 is 0 Å². The molecule has 2 N–H and O–H groups in total. The van der Waals surface area contributed by atoms with Gasteiger partial charge in [-0.25, -0.2) is 0 Å². The molecule has 1 aromatic carbocycles. The minimum Gasteiger partial charge on any atom is -0.368 e. The summed E-state index contributed by atoms with van der Waals surface area (Å²) in [6, 6.07) is 5.72. The molecule has 0 bridgehead atoms. The normalized spacial score (nSPS) is 25.9. The highest BCUT2D eigenvalue weighted by atomic mass is 35.5. The first-order valence-electron chi connectivity index (χ1n) is 5.47. The summed E-state index contributed by atoms with van der Waals surface area (Å²) >= 11 is 12.2. The van der Waals surface area contributed by atoms with Gasteiger partial charge in [0.25, 0.3) is 0 Å². The Morgan fingerprint density at radius 3 is 2.81 bits per heavy atom. The van der Waals surface area contributed by atoms with Gasteiger partial charge in [0.1, 0.15) is 0 Å². The number of anilines is 1. The van der Waals surface area contributed by atoms with Gasteiger partial charge in [0.15, 0.2) is 0 Å². The molecular weight excluding hydrogens is 243 g/mol. The number of rotatable bonds is 1. The van der Waals surface area contributed by atoms with Gasteiger partial charge in [-0.05, 0) is 31.9 Å². The van der Waals surface area contributed by atoms with Crippen molar-refractivity contribution in [3.05, 3.63) is 28.2 Å². The van der Waals surface area contributed by atoms with Crippen LogP contribution in [0.3, 0.4) is 0 Å². The maximum absolute atomic E-state index is 6.21. The van der Waals surface area contributed by atoms with Crippen molar-refractivity contribution in [2.45, 2.75) is 25.3 Å². The zero-order chi connectivity index (χ0) is 11.8. The molecule has 0 aromatic heterocycles. The van der Waals surface area contributed by atoms with Crippen LogP contribution in [-0.2, 0) is 0 Å². The van der Waals surface area contributed by atoms with E-state index in [2.05, 4.69) is 11.8 Å². The third-order valence-electron chi connectivity index (χ3n) is 3.00. The van der Waals surface area contributed by atoms with Crippen molar-refractivity contribution in [3.63, 3.8) is 0 Å². The Hall–Kier alpha value is -0.440. The van der Waals surface area contributed by atoms with Crippen LogP contribution in [0.4, 0.5) is 5.69 Å². The summed E-state index contributed by atoms with van der Waals surface area (Å²) in [7, 11) is 0. The predicted molar refractivity (Wildman–Crippen MR) is 70.5 cm³/mol. The molecule has 1 aromatic rings. The topological polar surface area (TPSA) is 29.3 Å². The number of hydrogen-bond donors (Lipinski definition) is 1. The van der Waals surface area contributed by atoms with Crippen LogP contribution in [0.25, 0.3) is 0 Å². The Bertz CT molecular complexity index is 391. The molecule has 1 heterocycles. The quantitative estimate of drug-likeness (QED) is 0.838. The van der Waals surface area contributed by atoms with Crippen LogP contribution >= 0.6 is 23.2 Å². The van der Waals surface area contributed by atoms with E-state index in [1.165, 1.54) is 0 Å². The molecule has 0 amide bonds. The number of piperidine rings is 1. The van der Waals surface area contributed by atoms with Crippen LogP contribution in [0.1, 0.15) is 19.8 Å². The molecule has 1 saturated heterocycles. The van der Waals surface area contributed by atoms with Crippen LogP contribution in [-0.4, -0.2) is 18.6 Å². The van der Waals surface area contributed by atoms with Crippen molar-refractivity contribution in [1.82, 2.24) is 0 Å². The smallest absolute Gasteiger partial charge is 0.0825 e. The molecule has 1 atom stereocenters. The third kappa shape index (κ3) is 2.45. The Balaban J connectivity index is 2.27. The monoisotopic (exact) mass is 258 g/mol. The highest BCUT2D eigenvalue weighted by Crippen LogP contribution is 2.34. The lowest BCUT2D eigenvalue weighted by Gasteiger charge is -2.39. The molecular formula is C12H16Cl2N2. The number of halogens is 2. The van der Waals surface area contributed by atoms with Crippen LogP contribution in [0, 0.1) is 0 Å². The van der Waals surface area contributed by atoms with Crippen LogP contribution in [0.15, 0.2) is 18.2 Å².